The number of thioether (sulfide) groups is 1. The molecule has 2 aliphatic rings. The number of sulfone groups is 1. The lowest BCUT2D eigenvalue weighted by molar-refractivity contribution is -0.113. The highest BCUT2D eigenvalue weighted by atomic mass is 127. The SMILES string of the molecule is O=C(CI)Nc1ccc2c(c1)S/C(=C/C=C/C=C1/C(=O)c3ccccc3S1(=O)=O)N2CCCS(=O)(=O)O. The van der Waals surface area contributed by atoms with E-state index in [1.165, 1.54) is 36.0 Å². The van der Waals surface area contributed by atoms with Crippen molar-refractivity contribution < 1.29 is 31.0 Å². The minimum atomic E-state index is -4.11. The lowest BCUT2D eigenvalue weighted by Crippen LogP contribution is -2.21. The molecule has 2 aromatic carbocycles. The number of allylic oxidation sites excluding steroid dienone is 5. The molecule has 0 unspecified atom stereocenters. The van der Waals surface area contributed by atoms with Gasteiger partial charge in [-0.2, -0.15) is 8.42 Å². The molecule has 9 nitrogen and oxygen atoms in total. The summed E-state index contributed by atoms with van der Waals surface area (Å²) in [4.78, 5) is 26.7. The van der Waals surface area contributed by atoms with Crippen LogP contribution in [-0.2, 0) is 24.7 Å². The molecule has 0 fully saturated rings. The van der Waals surface area contributed by atoms with E-state index in [1.807, 2.05) is 39.6 Å². The number of hydrogen-bond donors (Lipinski definition) is 2. The van der Waals surface area contributed by atoms with E-state index in [0.29, 0.717) is 16.7 Å². The Bertz CT molecular complexity index is 1580. The first-order valence-electron chi connectivity index (χ1n) is 10.9. The van der Waals surface area contributed by atoms with Crippen LogP contribution in [0.2, 0.25) is 0 Å². The summed E-state index contributed by atoms with van der Waals surface area (Å²) < 4.78 is 57.2. The monoisotopic (exact) mass is 672 g/mol. The molecule has 2 heterocycles. The summed E-state index contributed by atoms with van der Waals surface area (Å²) in [5.74, 6) is -1.09. The fourth-order valence-electron chi connectivity index (χ4n) is 3.85. The van der Waals surface area contributed by atoms with E-state index >= 15 is 0 Å². The number of Topliss-reactive ketones (excluding diaryl/α,β-unsaturated/α-hetero) is 1. The summed E-state index contributed by atoms with van der Waals surface area (Å²) >= 11 is 3.35. The van der Waals surface area contributed by atoms with Crippen molar-refractivity contribution in [1.29, 1.82) is 0 Å². The third-order valence-electron chi connectivity index (χ3n) is 5.45. The van der Waals surface area contributed by atoms with E-state index in [4.69, 9.17) is 4.55 Å². The van der Waals surface area contributed by atoms with E-state index in [-0.39, 0.29) is 27.7 Å². The molecule has 0 saturated carbocycles. The lowest BCUT2D eigenvalue weighted by Gasteiger charge is -2.20. The van der Waals surface area contributed by atoms with Crippen LogP contribution in [0.4, 0.5) is 11.4 Å². The van der Waals surface area contributed by atoms with E-state index in [2.05, 4.69) is 5.32 Å². The minimum absolute atomic E-state index is 0.00437. The molecule has 2 N–H and O–H groups in total. The summed E-state index contributed by atoms with van der Waals surface area (Å²) in [5.41, 5.74) is 1.57. The first-order chi connectivity index (χ1) is 17.5. The summed E-state index contributed by atoms with van der Waals surface area (Å²) in [7, 11) is -8.00. The largest absolute Gasteiger partial charge is 0.335 e. The molecule has 0 aromatic heterocycles. The van der Waals surface area contributed by atoms with E-state index in [0.717, 1.165) is 15.6 Å². The molecule has 0 saturated heterocycles. The number of ketones is 1. The molecule has 0 radical (unpaired) electrons. The van der Waals surface area contributed by atoms with Crippen LogP contribution in [0.15, 0.2) is 86.5 Å². The highest BCUT2D eigenvalue weighted by Crippen LogP contribution is 2.47. The van der Waals surface area contributed by atoms with Crippen molar-refractivity contribution in [3.63, 3.8) is 0 Å². The van der Waals surface area contributed by atoms with Crippen LogP contribution in [0.3, 0.4) is 0 Å². The molecule has 13 heteroatoms. The lowest BCUT2D eigenvalue weighted by atomic mass is 10.1. The zero-order chi connectivity index (χ0) is 26.8. The Labute approximate surface area is 232 Å². The van der Waals surface area contributed by atoms with Gasteiger partial charge in [0, 0.05) is 22.7 Å². The van der Waals surface area contributed by atoms with Crippen molar-refractivity contribution in [2.45, 2.75) is 16.2 Å². The average molecular weight is 673 g/mol. The molecule has 0 aliphatic carbocycles. The van der Waals surface area contributed by atoms with E-state index < -0.39 is 31.5 Å². The molecule has 37 heavy (non-hydrogen) atoms. The molecule has 0 spiro atoms. The second-order valence-electron chi connectivity index (χ2n) is 8.01. The van der Waals surface area contributed by atoms with Crippen molar-refractivity contribution in [1.82, 2.24) is 0 Å². The number of fused-ring (bicyclic) bond motifs is 2. The zero-order valence-electron chi connectivity index (χ0n) is 19.1. The Balaban J connectivity index is 1.59. The quantitative estimate of drug-likeness (QED) is 0.183. The molecule has 2 aliphatic heterocycles. The van der Waals surface area contributed by atoms with Gasteiger partial charge in [0.05, 0.1) is 25.8 Å². The Kier molecular flexibility index (Phi) is 8.28. The number of halogens is 1. The molecule has 0 bridgehead atoms. The number of nitrogens with zero attached hydrogens (tertiary/aromatic N) is 1. The van der Waals surface area contributed by atoms with Crippen LogP contribution < -0.4 is 10.2 Å². The normalized spacial score (nSPS) is 18.5. The van der Waals surface area contributed by atoms with Gasteiger partial charge >= 0.3 is 0 Å². The van der Waals surface area contributed by atoms with Gasteiger partial charge in [0.25, 0.3) is 10.1 Å². The van der Waals surface area contributed by atoms with Crippen molar-refractivity contribution in [2.75, 3.05) is 26.9 Å². The minimum Gasteiger partial charge on any atom is -0.335 e. The summed E-state index contributed by atoms with van der Waals surface area (Å²) in [6.07, 6.45) is 6.22. The Hall–Kier alpha value is -2.46. The van der Waals surface area contributed by atoms with Gasteiger partial charge in [0.2, 0.25) is 21.5 Å². The Morgan fingerprint density at radius 3 is 2.57 bits per heavy atom. The number of amides is 1. The van der Waals surface area contributed by atoms with Gasteiger partial charge in [0.15, 0.2) is 0 Å². The van der Waals surface area contributed by atoms with Gasteiger partial charge in [-0.05, 0) is 48.9 Å². The fraction of sp³-hybridized carbons (Fsp3) is 0.167. The Morgan fingerprint density at radius 2 is 1.86 bits per heavy atom. The molecular formula is C24H21IN2O7S3. The maximum Gasteiger partial charge on any atom is 0.264 e. The molecular weight excluding hydrogens is 651 g/mol. The smallest absolute Gasteiger partial charge is 0.264 e. The van der Waals surface area contributed by atoms with Gasteiger partial charge in [0.1, 0.15) is 4.91 Å². The predicted octanol–water partition coefficient (Wildman–Crippen LogP) is 4.20. The number of carbonyl (C=O) groups excluding carboxylic acids is 2. The van der Waals surface area contributed by atoms with Crippen LogP contribution in [0.25, 0.3) is 0 Å². The fourth-order valence-corrected chi connectivity index (χ4v) is 7.23. The predicted molar refractivity (Wildman–Crippen MR) is 151 cm³/mol. The van der Waals surface area contributed by atoms with Crippen LogP contribution in [0, 0.1) is 0 Å². The summed E-state index contributed by atoms with van der Waals surface area (Å²) in [6, 6.07) is 11.4. The van der Waals surface area contributed by atoms with Gasteiger partial charge in [-0.25, -0.2) is 8.42 Å². The van der Waals surface area contributed by atoms with Crippen molar-refractivity contribution in [3.05, 3.63) is 82.3 Å². The molecule has 0 atom stereocenters. The second kappa shape index (κ2) is 11.1. The molecule has 2 aromatic rings. The number of carbonyl (C=O) groups is 2. The molecule has 194 valence electrons. The highest BCUT2D eigenvalue weighted by molar-refractivity contribution is 14.1. The number of anilines is 2. The van der Waals surface area contributed by atoms with Crippen LogP contribution in [0.5, 0.6) is 0 Å². The van der Waals surface area contributed by atoms with Gasteiger partial charge in [-0.1, -0.05) is 58.6 Å². The number of benzene rings is 2. The third kappa shape index (κ3) is 6.17. The second-order valence-corrected chi connectivity index (χ2v) is 13.3. The van der Waals surface area contributed by atoms with Gasteiger partial charge in [-0.15, -0.1) is 0 Å². The number of alkyl halides is 1. The molecule has 4 rings (SSSR count). The Morgan fingerprint density at radius 1 is 1.14 bits per heavy atom. The molecule has 1 amide bonds. The first-order valence-corrected chi connectivity index (χ1v) is 16.3. The van der Waals surface area contributed by atoms with Crippen molar-refractivity contribution in [3.8, 4) is 0 Å². The highest BCUT2D eigenvalue weighted by Gasteiger charge is 2.38. The number of nitrogens with one attached hydrogen (secondary N) is 1. The zero-order valence-corrected chi connectivity index (χ0v) is 23.7. The standard InChI is InChI=1S/C24H21IN2O7S3/c25-15-22(28)26-16-10-11-18-19(14-16)35-23(27(18)12-5-13-36(30,31)32)9-4-3-8-21-24(29)17-6-1-2-7-20(17)37(21,33)34/h1-4,6-11,14H,5,12-13,15H2,(H,26,28)(H,30,31,32)/b4-3+,21-8-,23-9+. The van der Waals surface area contributed by atoms with Gasteiger partial charge in [-0.3, -0.25) is 14.1 Å². The summed E-state index contributed by atoms with van der Waals surface area (Å²) in [6.45, 7) is 0.294. The van der Waals surface area contributed by atoms with Crippen molar-refractivity contribution in [2.24, 2.45) is 0 Å². The topological polar surface area (TPSA) is 138 Å². The average Bonchev–Trinajstić information content (AvgIpc) is 3.27. The summed E-state index contributed by atoms with van der Waals surface area (Å²) in [5, 5.41) is 3.52. The maximum atomic E-state index is 12.7. The van der Waals surface area contributed by atoms with E-state index in [1.54, 1.807) is 30.4 Å². The number of hydrogen-bond acceptors (Lipinski definition) is 8. The van der Waals surface area contributed by atoms with E-state index in [9.17, 15) is 26.4 Å². The number of rotatable bonds is 8. The maximum absolute atomic E-state index is 12.7. The van der Waals surface area contributed by atoms with Gasteiger partial charge < -0.3 is 10.2 Å². The van der Waals surface area contributed by atoms with Crippen molar-refractivity contribution >= 4 is 77.4 Å². The first kappa shape index (κ1) is 27.6. The van der Waals surface area contributed by atoms with Crippen LogP contribution >= 0.6 is 34.4 Å². The van der Waals surface area contributed by atoms with Crippen LogP contribution in [-0.4, -0.2) is 49.8 Å². The van der Waals surface area contributed by atoms with Crippen LogP contribution in [0.1, 0.15) is 16.8 Å². The third-order valence-corrected chi connectivity index (χ3v) is 9.90.